The van der Waals surface area contributed by atoms with Crippen LogP contribution in [0.15, 0.2) is 18.2 Å². The zero-order valence-electron chi connectivity index (χ0n) is 31.2. The molecule has 2 amide bonds. The number of carbonyl (C=O) groups is 3. The summed E-state index contributed by atoms with van der Waals surface area (Å²) in [6.45, 7) is 13.2. The standard InChI is InChI=1S/C38H54F2N4O7/c1-9-25-29-19-44(30(25)35(46)49-20-21(2)3)34(45)32(37(5,6)7)43-36(47)51-28-17-22(4)16-23(28)12-10-11-15-38(39,40)31-33(50-29)42-27-18-24(48-8)13-14-26(27)41-31/h13-14,18,21-23,25,28-30,32H,9-12,15-17,19-20H2,1-8H3,(H,43,47)/t22-,23-,25-,28-,29+,30+,32-/m1/s1. The normalized spacial score (nSPS) is 28.9. The van der Waals surface area contributed by atoms with Gasteiger partial charge in [0.2, 0.25) is 11.8 Å². The predicted molar refractivity (Wildman–Crippen MR) is 186 cm³/mol. The van der Waals surface area contributed by atoms with Crippen LogP contribution in [-0.4, -0.2) is 77.4 Å². The number of aromatic nitrogens is 2. The number of hydrogen-bond acceptors (Lipinski definition) is 9. The molecule has 7 atom stereocenters. The van der Waals surface area contributed by atoms with Crippen molar-refractivity contribution in [1.82, 2.24) is 20.2 Å². The third kappa shape index (κ3) is 8.65. The Morgan fingerprint density at radius 3 is 2.51 bits per heavy atom. The molecule has 1 aromatic carbocycles. The van der Waals surface area contributed by atoms with Crippen LogP contribution in [0.1, 0.15) is 99.1 Å². The quantitative estimate of drug-likeness (QED) is 0.324. The summed E-state index contributed by atoms with van der Waals surface area (Å²) in [5.41, 5.74) is -0.816. The summed E-state index contributed by atoms with van der Waals surface area (Å²) in [5, 5.41) is 2.84. The van der Waals surface area contributed by atoms with Crippen molar-refractivity contribution in [1.29, 1.82) is 0 Å². The Hall–Kier alpha value is -3.77. The van der Waals surface area contributed by atoms with Crippen LogP contribution in [0.5, 0.6) is 11.6 Å². The van der Waals surface area contributed by atoms with Gasteiger partial charge in [-0.05, 0) is 67.4 Å². The van der Waals surface area contributed by atoms with E-state index in [4.69, 9.17) is 18.9 Å². The lowest BCUT2D eigenvalue weighted by Gasteiger charge is -2.35. The minimum absolute atomic E-state index is 0.00106. The van der Waals surface area contributed by atoms with Crippen LogP contribution >= 0.6 is 0 Å². The molecule has 2 aliphatic heterocycles. The number of amides is 2. The second kappa shape index (κ2) is 15.5. The number of hydrogen-bond donors (Lipinski definition) is 1. The molecule has 0 unspecified atom stereocenters. The Morgan fingerprint density at radius 1 is 1.10 bits per heavy atom. The minimum Gasteiger partial charge on any atom is -0.497 e. The highest BCUT2D eigenvalue weighted by Crippen LogP contribution is 2.42. The molecule has 1 N–H and O–H groups in total. The van der Waals surface area contributed by atoms with Gasteiger partial charge in [-0.15, -0.1) is 0 Å². The van der Waals surface area contributed by atoms with Crippen molar-refractivity contribution < 1.29 is 42.1 Å². The van der Waals surface area contributed by atoms with Gasteiger partial charge in [0.05, 0.1) is 31.3 Å². The Kier molecular flexibility index (Phi) is 11.7. The van der Waals surface area contributed by atoms with Gasteiger partial charge in [0, 0.05) is 18.4 Å². The third-order valence-electron chi connectivity index (χ3n) is 10.4. The lowest BCUT2D eigenvalue weighted by atomic mass is 9.85. The highest BCUT2D eigenvalue weighted by Gasteiger charge is 2.53. The Morgan fingerprint density at radius 2 is 1.84 bits per heavy atom. The summed E-state index contributed by atoms with van der Waals surface area (Å²) in [6, 6.07) is 2.63. The molecule has 3 heterocycles. The molecule has 2 bridgehead atoms. The molecule has 2 aromatic rings. The van der Waals surface area contributed by atoms with E-state index in [9.17, 15) is 14.4 Å². The summed E-state index contributed by atoms with van der Waals surface area (Å²) in [5.74, 6) is -4.75. The number of esters is 1. The average molecular weight is 717 g/mol. The van der Waals surface area contributed by atoms with Gasteiger partial charge in [-0.2, -0.15) is 8.78 Å². The van der Waals surface area contributed by atoms with Gasteiger partial charge in [0.15, 0.2) is 5.69 Å². The molecule has 11 nitrogen and oxygen atoms in total. The summed E-state index contributed by atoms with van der Waals surface area (Å²) < 4.78 is 56.0. The van der Waals surface area contributed by atoms with Crippen LogP contribution in [-0.2, 0) is 25.0 Å². The molecule has 282 valence electrons. The topological polar surface area (TPSA) is 129 Å². The zero-order chi connectivity index (χ0) is 37.2. The number of benzene rings is 1. The number of nitrogens with zero attached hydrogens (tertiary/aromatic N) is 3. The number of ether oxygens (including phenoxy) is 4. The van der Waals surface area contributed by atoms with Gasteiger partial charge in [-0.1, -0.05) is 54.9 Å². The molecular formula is C38H54F2N4O7. The number of alkyl halides is 2. The van der Waals surface area contributed by atoms with E-state index < -0.39 is 71.6 Å². The highest BCUT2D eigenvalue weighted by atomic mass is 19.3. The van der Waals surface area contributed by atoms with E-state index in [2.05, 4.69) is 22.2 Å². The Bertz CT molecular complexity index is 1580. The maximum atomic E-state index is 16.3. The second-order valence-electron chi connectivity index (χ2n) is 16.1. The highest BCUT2D eigenvalue weighted by molar-refractivity contribution is 5.91. The van der Waals surface area contributed by atoms with E-state index in [1.165, 1.54) is 12.0 Å². The van der Waals surface area contributed by atoms with Crippen molar-refractivity contribution in [3.05, 3.63) is 23.9 Å². The van der Waals surface area contributed by atoms with E-state index in [1.807, 2.05) is 41.5 Å². The van der Waals surface area contributed by atoms with Crippen LogP contribution in [0.25, 0.3) is 11.0 Å². The van der Waals surface area contributed by atoms with Gasteiger partial charge in [-0.3, -0.25) is 4.79 Å². The number of carbonyl (C=O) groups excluding carboxylic acids is 3. The molecule has 1 saturated heterocycles. The maximum Gasteiger partial charge on any atom is 0.408 e. The van der Waals surface area contributed by atoms with Gasteiger partial charge >= 0.3 is 12.1 Å². The smallest absolute Gasteiger partial charge is 0.408 e. The lowest BCUT2D eigenvalue weighted by molar-refractivity contribution is -0.157. The maximum absolute atomic E-state index is 16.3. The minimum atomic E-state index is -3.40. The second-order valence-corrected chi connectivity index (χ2v) is 16.1. The van der Waals surface area contributed by atoms with E-state index in [0.29, 0.717) is 42.9 Å². The molecule has 1 saturated carbocycles. The van der Waals surface area contributed by atoms with Gasteiger partial charge in [-0.25, -0.2) is 19.6 Å². The molecule has 5 rings (SSSR count). The van der Waals surface area contributed by atoms with Crippen LogP contribution < -0.4 is 14.8 Å². The predicted octanol–water partition coefficient (Wildman–Crippen LogP) is 7.04. The molecule has 13 heteroatoms. The van der Waals surface area contributed by atoms with Crippen LogP contribution in [0, 0.1) is 29.1 Å². The average Bonchev–Trinajstić information content (AvgIpc) is 3.61. The monoisotopic (exact) mass is 716 g/mol. The first-order valence-electron chi connectivity index (χ1n) is 18.4. The summed E-state index contributed by atoms with van der Waals surface area (Å²) >= 11 is 0. The van der Waals surface area contributed by atoms with E-state index >= 15 is 8.78 Å². The van der Waals surface area contributed by atoms with Crippen molar-refractivity contribution in [3.63, 3.8) is 0 Å². The van der Waals surface area contributed by atoms with Gasteiger partial charge in [0.1, 0.15) is 30.0 Å². The van der Waals surface area contributed by atoms with E-state index in [-0.39, 0.29) is 42.8 Å². The number of nitrogens with one attached hydrogen (secondary N) is 1. The third-order valence-corrected chi connectivity index (χ3v) is 10.4. The van der Waals surface area contributed by atoms with Crippen molar-refractivity contribution in [2.45, 2.75) is 124 Å². The van der Waals surface area contributed by atoms with Crippen LogP contribution in [0.4, 0.5) is 13.6 Å². The number of rotatable bonds is 5. The molecule has 1 aliphatic carbocycles. The van der Waals surface area contributed by atoms with Gasteiger partial charge in [0.25, 0.3) is 5.92 Å². The van der Waals surface area contributed by atoms with Crippen LogP contribution in [0.2, 0.25) is 0 Å². The largest absolute Gasteiger partial charge is 0.497 e. The molecule has 51 heavy (non-hydrogen) atoms. The molecule has 2 fully saturated rings. The Labute approximate surface area is 299 Å². The fourth-order valence-electron chi connectivity index (χ4n) is 7.74. The number of alkyl carbamates (subject to hydrolysis) is 1. The first kappa shape index (κ1) is 38.5. The summed E-state index contributed by atoms with van der Waals surface area (Å²) in [6.07, 6.45) is 0.597. The molecule has 1 aromatic heterocycles. The fourth-order valence-corrected chi connectivity index (χ4v) is 7.74. The fraction of sp³-hybridized carbons (Fsp3) is 0.711. The lowest BCUT2D eigenvalue weighted by Crippen LogP contribution is -2.57. The summed E-state index contributed by atoms with van der Waals surface area (Å²) in [4.78, 5) is 52.3. The van der Waals surface area contributed by atoms with Gasteiger partial charge < -0.3 is 29.2 Å². The van der Waals surface area contributed by atoms with Crippen molar-refractivity contribution in [2.75, 3.05) is 20.3 Å². The molecule has 0 spiro atoms. The zero-order valence-corrected chi connectivity index (χ0v) is 31.2. The SMILES string of the molecule is CC[C@@H]1[C@@H]2CN(C(=O)[C@H](C(C)(C)C)NC(=O)O[C@@H]3C[C@H](C)C[C@H]3CCCCC(F)(F)c3nc4ccc(OC)cc4nc3O2)[C@@H]1C(=O)OCC(C)C. The summed E-state index contributed by atoms with van der Waals surface area (Å²) in [7, 11) is 1.50. The first-order valence-corrected chi connectivity index (χ1v) is 18.4. The Balaban J connectivity index is 1.62. The molecule has 3 aliphatic rings. The van der Waals surface area contributed by atoms with Crippen molar-refractivity contribution in [2.24, 2.45) is 29.1 Å². The molecule has 0 radical (unpaired) electrons. The first-order chi connectivity index (χ1) is 24.0. The van der Waals surface area contributed by atoms with E-state index in [1.54, 1.807) is 18.2 Å². The number of methoxy groups -OCH3 is 1. The number of halogens is 2. The van der Waals surface area contributed by atoms with Crippen molar-refractivity contribution in [3.8, 4) is 11.6 Å². The number of fused-ring (bicyclic) bond motifs is 5. The molecular weight excluding hydrogens is 662 g/mol. The van der Waals surface area contributed by atoms with Crippen molar-refractivity contribution >= 4 is 29.0 Å². The van der Waals surface area contributed by atoms with E-state index in [0.717, 1.165) is 6.42 Å². The van der Waals surface area contributed by atoms with Crippen LogP contribution in [0.3, 0.4) is 0 Å².